The van der Waals surface area contributed by atoms with E-state index in [1.54, 1.807) is 18.2 Å². The van der Waals surface area contributed by atoms with Gasteiger partial charge < -0.3 is 9.39 Å². The van der Waals surface area contributed by atoms with Crippen molar-refractivity contribution in [2.45, 2.75) is 31.6 Å². The third-order valence-electron chi connectivity index (χ3n) is 2.57. The molecule has 98 valence electrons. The van der Waals surface area contributed by atoms with Crippen molar-refractivity contribution in [2.24, 2.45) is 5.16 Å². The average molecular weight is 306 g/mol. The molecule has 1 aromatic rings. The van der Waals surface area contributed by atoms with Gasteiger partial charge in [-0.25, -0.2) is 0 Å². The number of nitrogens with zero attached hydrogens (tertiary/aromatic N) is 1. The van der Waals surface area contributed by atoms with Crippen molar-refractivity contribution in [1.82, 2.24) is 0 Å². The van der Waals surface area contributed by atoms with Crippen molar-refractivity contribution >= 4 is 39.4 Å². The molecule has 1 heterocycles. The molecule has 1 aliphatic heterocycles. The molecular weight excluding hydrogens is 293 g/mol. The molecule has 0 amide bonds. The molecule has 6 heteroatoms. The van der Waals surface area contributed by atoms with Crippen molar-refractivity contribution in [2.75, 3.05) is 0 Å². The molecule has 0 spiro atoms. The van der Waals surface area contributed by atoms with E-state index in [0.717, 1.165) is 0 Å². The Balaban J connectivity index is 2.11. The molecule has 1 atom stereocenters. The van der Waals surface area contributed by atoms with Crippen LogP contribution in [0.3, 0.4) is 0 Å². The Morgan fingerprint density at radius 2 is 2.00 bits per heavy atom. The fourth-order valence-corrected chi connectivity index (χ4v) is 3.67. The van der Waals surface area contributed by atoms with E-state index >= 15 is 0 Å². The lowest BCUT2D eigenvalue weighted by Gasteiger charge is -2.14. The van der Waals surface area contributed by atoms with Gasteiger partial charge in [-0.3, -0.25) is 0 Å². The first-order valence-corrected chi connectivity index (χ1v) is 7.53. The zero-order chi connectivity index (χ0) is 13.3. The standard InChI is InChI=1S/C12H13Cl2NO2S/c1-12(2)6-11(15-17-12)18(16)7-8-9(13)4-3-5-10(8)14/h3-5H,6-7H2,1-2H3/t18-/m0/s1. The number of benzene rings is 1. The van der Waals surface area contributed by atoms with Crippen LogP contribution in [0.15, 0.2) is 23.4 Å². The van der Waals surface area contributed by atoms with Crippen LogP contribution in [0.5, 0.6) is 0 Å². The van der Waals surface area contributed by atoms with Crippen LogP contribution in [-0.2, 0) is 21.8 Å². The summed E-state index contributed by atoms with van der Waals surface area (Å²) in [5.41, 5.74) is 0.307. The lowest BCUT2D eigenvalue weighted by Crippen LogP contribution is -2.23. The second kappa shape index (κ2) is 5.29. The van der Waals surface area contributed by atoms with Crippen molar-refractivity contribution in [3.05, 3.63) is 33.8 Å². The van der Waals surface area contributed by atoms with Gasteiger partial charge in [-0.05, 0) is 31.1 Å². The van der Waals surface area contributed by atoms with Gasteiger partial charge in [-0.15, -0.1) is 0 Å². The van der Waals surface area contributed by atoms with Gasteiger partial charge in [0, 0.05) is 26.8 Å². The first-order valence-electron chi connectivity index (χ1n) is 5.45. The quantitative estimate of drug-likeness (QED) is 0.781. The molecule has 0 unspecified atom stereocenters. The van der Waals surface area contributed by atoms with Crippen LogP contribution in [0.2, 0.25) is 10.0 Å². The molecule has 18 heavy (non-hydrogen) atoms. The summed E-state index contributed by atoms with van der Waals surface area (Å²) >= 11 is 10.8. The van der Waals surface area contributed by atoms with E-state index in [1.807, 2.05) is 13.8 Å². The van der Waals surface area contributed by atoms with E-state index in [0.29, 0.717) is 27.1 Å². The van der Waals surface area contributed by atoms with Crippen LogP contribution in [0.4, 0.5) is 0 Å². The minimum absolute atomic E-state index is 0.261. The van der Waals surface area contributed by atoms with Gasteiger partial charge in [0.25, 0.3) is 5.04 Å². The number of hydrogen-bond donors (Lipinski definition) is 0. The number of hydrogen-bond acceptors (Lipinski definition) is 3. The first-order chi connectivity index (χ1) is 8.39. The second-order valence-electron chi connectivity index (χ2n) is 4.70. The molecule has 0 bridgehead atoms. The zero-order valence-corrected chi connectivity index (χ0v) is 12.4. The summed E-state index contributed by atoms with van der Waals surface area (Å²) in [7, 11) is 0. The monoisotopic (exact) mass is 305 g/mol. The normalized spacial score (nSPS) is 19.3. The summed E-state index contributed by atoms with van der Waals surface area (Å²) < 4.78 is 12.2. The summed E-state index contributed by atoms with van der Waals surface area (Å²) in [6.45, 7) is 3.81. The molecule has 2 rings (SSSR count). The predicted molar refractivity (Wildman–Crippen MR) is 75.5 cm³/mol. The van der Waals surface area contributed by atoms with Gasteiger partial charge in [-0.2, -0.15) is 0 Å². The minimum Gasteiger partial charge on any atom is -0.610 e. The molecule has 0 N–H and O–H groups in total. The Morgan fingerprint density at radius 1 is 1.39 bits per heavy atom. The van der Waals surface area contributed by atoms with Crippen LogP contribution in [-0.4, -0.2) is 15.2 Å². The van der Waals surface area contributed by atoms with Gasteiger partial charge in [0.05, 0.1) is 6.42 Å². The van der Waals surface area contributed by atoms with Gasteiger partial charge >= 0.3 is 0 Å². The first kappa shape index (κ1) is 14.0. The molecule has 1 aliphatic rings. The van der Waals surface area contributed by atoms with Crippen LogP contribution >= 0.6 is 23.2 Å². The molecule has 0 saturated carbocycles. The number of rotatable bonds is 2. The molecule has 0 fully saturated rings. The smallest absolute Gasteiger partial charge is 0.259 e. The van der Waals surface area contributed by atoms with Crippen LogP contribution in [0.25, 0.3) is 0 Å². The summed E-state index contributed by atoms with van der Waals surface area (Å²) in [4.78, 5) is 5.20. The summed E-state index contributed by atoms with van der Waals surface area (Å²) in [6, 6.07) is 5.23. The zero-order valence-electron chi connectivity index (χ0n) is 10.1. The van der Waals surface area contributed by atoms with Crippen molar-refractivity contribution in [3.8, 4) is 0 Å². The fraction of sp³-hybridized carbons (Fsp3) is 0.417. The topological polar surface area (TPSA) is 44.7 Å². The SMILES string of the molecule is CC1(C)CC([S@@+]([O-])Cc2c(Cl)cccc2Cl)=NO1. The predicted octanol–water partition coefficient (Wildman–Crippen LogP) is 3.75. The molecule has 0 aromatic heterocycles. The Kier molecular flexibility index (Phi) is 4.11. The maximum atomic E-state index is 12.2. The van der Waals surface area contributed by atoms with Crippen LogP contribution in [0, 0.1) is 0 Å². The Morgan fingerprint density at radius 3 is 2.50 bits per heavy atom. The Bertz CT molecular complexity index is 471. The highest BCUT2D eigenvalue weighted by Crippen LogP contribution is 2.30. The molecule has 0 aliphatic carbocycles. The number of oxime groups is 1. The summed E-state index contributed by atoms with van der Waals surface area (Å²) in [5, 5.41) is 5.47. The van der Waals surface area contributed by atoms with E-state index < -0.39 is 11.2 Å². The van der Waals surface area contributed by atoms with E-state index in [4.69, 9.17) is 28.0 Å². The highest BCUT2D eigenvalue weighted by molar-refractivity contribution is 8.05. The third-order valence-corrected chi connectivity index (χ3v) is 4.58. The van der Waals surface area contributed by atoms with Crippen molar-refractivity contribution in [3.63, 3.8) is 0 Å². The molecular formula is C12H13Cl2NO2S. The maximum absolute atomic E-state index is 12.2. The highest BCUT2D eigenvalue weighted by Gasteiger charge is 2.36. The lowest BCUT2D eigenvalue weighted by molar-refractivity contribution is 0.0123. The van der Waals surface area contributed by atoms with Gasteiger partial charge in [0.1, 0.15) is 11.4 Å². The summed E-state index contributed by atoms with van der Waals surface area (Å²) in [5.74, 6) is 0.261. The Hall–Kier alpha value is -0.420. The van der Waals surface area contributed by atoms with Crippen molar-refractivity contribution < 1.29 is 9.39 Å². The lowest BCUT2D eigenvalue weighted by atomic mass is 10.1. The van der Waals surface area contributed by atoms with Gasteiger partial charge in [-0.1, -0.05) is 29.3 Å². The van der Waals surface area contributed by atoms with Crippen LogP contribution < -0.4 is 0 Å². The van der Waals surface area contributed by atoms with Gasteiger partial charge in [0.2, 0.25) is 0 Å². The highest BCUT2D eigenvalue weighted by atomic mass is 35.5. The number of halogens is 2. The molecule has 0 saturated heterocycles. The minimum atomic E-state index is -1.26. The molecule has 0 radical (unpaired) electrons. The van der Waals surface area contributed by atoms with E-state index in [2.05, 4.69) is 5.16 Å². The van der Waals surface area contributed by atoms with E-state index in [-0.39, 0.29) is 11.4 Å². The van der Waals surface area contributed by atoms with Gasteiger partial charge in [0.15, 0.2) is 0 Å². The maximum Gasteiger partial charge on any atom is 0.259 e. The fourth-order valence-electron chi connectivity index (χ4n) is 1.61. The third kappa shape index (κ3) is 3.12. The molecule has 3 nitrogen and oxygen atoms in total. The second-order valence-corrected chi connectivity index (χ2v) is 6.97. The largest absolute Gasteiger partial charge is 0.610 e. The molecule has 1 aromatic carbocycles. The van der Waals surface area contributed by atoms with Crippen molar-refractivity contribution in [1.29, 1.82) is 0 Å². The van der Waals surface area contributed by atoms with E-state index in [1.165, 1.54) is 0 Å². The van der Waals surface area contributed by atoms with Crippen LogP contribution in [0.1, 0.15) is 25.8 Å². The van der Waals surface area contributed by atoms with E-state index in [9.17, 15) is 4.55 Å². The Labute approximate surface area is 119 Å². The average Bonchev–Trinajstić information content (AvgIpc) is 2.64. The summed E-state index contributed by atoms with van der Waals surface area (Å²) in [6.07, 6.45) is 0.557.